The lowest BCUT2D eigenvalue weighted by Crippen LogP contribution is -2.48. The monoisotopic (exact) mass is 1880 g/mol. The highest BCUT2D eigenvalue weighted by atomic mass is 32.2. The zero-order valence-electron chi connectivity index (χ0n) is 78.9. The number of hydrogen-bond acceptors (Lipinski definition) is 22. The van der Waals surface area contributed by atoms with Crippen molar-refractivity contribution in [3.05, 3.63) is 121 Å². The molecule has 12 aliphatic rings. The van der Waals surface area contributed by atoms with E-state index in [1.807, 2.05) is 127 Å². The average molecular weight is 1880 g/mol. The summed E-state index contributed by atoms with van der Waals surface area (Å²) in [6, 6.07) is 22.0. The highest BCUT2D eigenvalue weighted by Crippen LogP contribution is 2.61. The van der Waals surface area contributed by atoms with Crippen molar-refractivity contribution in [1.29, 1.82) is 0 Å². The summed E-state index contributed by atoms with van der Waals surface area (Å²) in [6.07, 6.45) is 17.3. The molecule has 10 fully saturated rings. The van der Waals surface area contributed by atoms with E-state index in [1.165, 1.54) is 49.0 Å². The number of nitrogens with zero attached hydrogens (tertiary/aromatic N) is 4. The van der Waals surface area contributed by atoms with Gasteiger partial charge in [0.1, 0.15) is 35.9 Å². The van der Waals surface area contributed by atoms with Crippen LogP contribution < -0.4 is 37.9 Å². The summed E-state index contributed by atoms with van der Waals surface area (Å²) in [5.74, 6) is -3.69. The molecule has 2 unspecified atom stereocenters. The van der Waals surface area contributed by atoms with E-state index in [4.69, 9.17) is 47.9 Å². The van der Waals surface area contributed by atoms with Crippen molar-refractivity contribution < 1.29 is 102 Å². The Morgan fingerprint density at radius 2 is 0.858 bits per heavy atom. The molecule has 2 aromatic heterocycles. The number of Topliss-reactive ketones (excluding diaryl/α,β-unsaturated/α-hetero) is 2. The van der Waals surface area contributed by atoms with Crippen molar-refractivity contribution in [2.24, 2.45) is 81.8 Å². The quantitative estimate of drug-likeness (QED) is 0.0420. The van der Waals surface area contributed by atoms with Gasteiger partial charge in [-0.1, -0.05) is 52.0 Å². The first-order valence-corrected chi connectivity index (χ1v) is 51.4. The lowest BCUT2D eigenvalue weighted by molar-refractivity contribution is -0.155. The number of carbonyl (C=O) groups is 8. The summed E-state index contributed by atoms with van der Waals surface area (Å²) in [7, 11) is -5.25. The van der Waals surface area contributed by atoms with Crippen LogP contribution in [0.15, 0.2) is 109 Å². The molecule has 720 valence electrons. The number of methoxy groups -OCH3 is 2. The number of pyridine rings is 2. The third-order valence-corrected chi connectivity index (χ3v) is 35.4. The summed E-state index contributed by atoms with van der Waals surface area (Å²) >= 11 is 0. The molecule has 134 heavy (non-hydrogen) atoms. The molecule has 8 saturated carbocycles. The van der Waals surface area contributed by atoms with Crippen molar-refractivity contribution in [2.45, 2.75) is 282 Å². The van der Waals surface area contributed by atoms with Crippen LogP contribution in [-0.2, 0) is 67.9 Å². The topological polar surface area (TPSA) is 335 Å². The van der Waals surface area contributed by atoms with Gasteiger partial charge in [-0.15, -0.1) is 0 Å². The molecule has 4 aliphatic heterocycles. The number of hydrogen-bond donors (Lipinski definition) is 2. The summed E-state index contributed by atoms with van der Waals surface area (Å²) < 4.78 is 135. The predicted octanol–water partition coefficient (Wildman–Crippen LogP) is 17.0. The number of carbonyl (C=O) groups excluding carboxylic acids is 8. The number of ether oxygens (including phenoxy) is 8. The van der Waals surface area contributed by atoms with Crippen LogP contribution in [-0.4, -0.2) is 169 Å². The third-order valence-electron chi connectivity index (χ3n) is 31.1. The number of nitrogens with one attached hydrogen (secondary N) is 2. The molecular formula is C104H128F2N6O20S2. The van der Waals surface area contributed by atoms with E-state index in [-0.39, 0.29) is 159 Å². The van der Waals surface area contributed by atoms with E-state index in [2.05, 4.69) is 23.3 Å². The molecule has 26 nitrogen and oxygen atoms in total. The Hall–Kier alpha value is -10.1. The lowest BCUT2D eigenvalue weighted by Gasteiger charge is -2.32. The van der Waals surface area contributed by atoms with Gasteiger partial charge in [-0.2, -0.15) is 0 Å². The molecule has 6 heterocycles. The van der Waals surface area contributed by atoms with Crippen molar-refractivity contribution in [3.63, 3.8) is 0 Å². The van der Waals surface area contributed by atoms with Crippen LogP contribution in [0.4, 0.5) is 8.78 Å². The van der Waals surface area contributed by atoms with E-state index in [1.54, 1.807) is 26.0 Å². The van der Waals surface area contributed by atoms with Crippen LogP contribution in [0.2, 0.25) is 0 Å². The van der Waals surface area contributed by atoms with Crippen LogP contribution in [0.1, 0.15) is 223 Å². The molecule has 8 aliphatic carbocycles. The summed E-state index contributed by atoms with van der Waals surface area (Å²) in [5.41, 5.74) is -0.159. The van der Waals surface area contributed by atoms with E-state index in [0.717, 1.165) is 49.7 Å². The number of benzene rings is 4. The van der Waals surface area contributed by atoms with E-state index in [9.17, 15) is 36.0 Å². The molecular weight excluding hydrogens is 1760 g/mol. The third kappa shape index (κ3) is 20.6. The Bertz CT molecular complexity index is 5490. The Balaban J connectivity index is 0.000000187. The van der Waals surface area contributed by atoms with E-state index >= 15 is 28.0 Å². The zero-order chi connectivity index (χ0) is 95.2. The predicted molar refractivity (Wildman–Crippen MR) is 498 cm³/mol. The fourth-order valence-electron chi connectivity index (χ4n) is 22.0. The van der Waals surface area contributed by atoms with Crippen molar-refractivity contribution in [3.8, 4) is 57.3 Å². The maximum Gasteiger partial charge on any atom is 0.306 e. The first-order chi connectivity index (χ1) is 63.7. The van der Waals surface area contributed by atoms with Gasteiger partial charge in [0, 0.05) is 47.6 Å². The van der Waals surface area contributed by atoms with Crippen LogP contribution in [0.25, 0.3) is 44.1 Å². The number of ketones is 2. The number of sulfonamides is 2. The van der Waals surface area contributed by atoms with Crippen LogP contribution >= 0.6 is 0 Å². The first kappa shape index (κ1) is 95.6. The van der Waals surface area contributed by atoms with E-state index in [0.29, 0.717) is 119 Å². The van der Waals surface area contributed by atoms with Crippen LogP contribution in [0.3, 0.4) is 0 Å². The van der Waals surface area contributed by atoms with E-state index < -0.39 is 123 Å². The minimum absolute atomic E-state index is 0.0131. The highest BCUT2D eigenvalue weighted by Gasteiger charge is 2.65. The molecule has 2 N–H and O–H groups in total. The Morgan fingerprint density at radius 1 is 0.493 bits per heavy atom. The highest BCUT2D eigenvalue weighted by molar-refractivity contribution is 7.92. The number of halogens is 2. The second-order valence-corrected chi connectivity index (χ2v) is 46.7. The fraction of sp³-hybridized carbons (Fsp3) is 0.596. The summed E-state index contributed by atoms with van der Waals surface area (Å²) in [5, 5.41) is 1.87. The SMILES string of the molecule is COc1cc2cc(-c3ccc(OC(C)C)cc3)nc(O[C@@H]3C[C@H]4C(=O)C[C@]5(C(=O)NS(=O)(=O)C6(C)CC6)C[C@H]5/C=C\CC[C@@H](C)C[C@@H](C)[C@H](CC(=O)OC5C[C@@H]6C[C@@H]6C5)C(=O)N4C3)c2cc1F.COc1cc2cc(-c3ccc(OC(C)C)cc3)nc(O[C@@H]3C[C@H]4C(=O)C[C@]5(C(=O)NS(=O)(=O)C6(C)CC6)C[C@H]5/C=C\CC[C@H](C)C[C@@H](C)[C@H](CC(=O)OC5C[C@@H]6C[C@@H]6C5)C(=O)N4C3)c2cc1F. The Morgan fingerprint density at radius 3 is 1.20 bits per heavy atom. The average Bonchev–Trinajstić information content (AvgIpc) is 1.53. The normalized spacial score (nSPS) is 31.7. The molecule has 6 aromatic rings. The number of fused-ring (bicyclic) bond motifs is 8. The Kier molecular flexibility index (Phi) is 26.9. The van der Waals surface area contributed by atoms with Gasteiger partial charge in [0.2, 0.25) is 55.4 Å². The van der Waals surface area contributed by atoms with Gasteiger partial charge in [-0.3, -0.25) is 47.8 Å². The van der Waals surface area contributed by atoms with Gasteiger partial charge in [0.15, 0.2) is 34.7 Å². The van der Waals surface area contributed by atoms with Gasteiger partial charge in [-0.25, -0.2) is 35.6 Å². The van der Waals surface area contributed by atoms with Gasteiger partial charge in [-0.05, 0) is 312 Å². The van der Waals surface area contributed by atoms with Crippen LogP contribution in [0.5, 0.6) is 34.8 Å². The number of rotatable bonds is 24. The standard InChI is InChI=1S/2C52H64FN3O10S/c2*1-29(2)64-37-13-11-32(12-14-37)43-21-35-22-46(63-6)42(53)24-41(35)48(54-43)66-39-23-44-45(57)27-52(50(60)55-67(61,62)51(5)15-16-51)26-36(52)10-8-7-9-30(3)17-31(4)40(49(59)56(44)28-39)25-47(58)65-38-19-33-18-34(33)20-38/h2*8,10-14,21-22,24,29-31,33-34,36,38-40,44H,7,9,15-20,23,25-28H2,1-6H3,(H,55,60)/b2*10-8-/t30-,31+,33-,34+,36+,38?,39+,40-,44-,52+;30-,31-,33-,34+,36-,38?,39-,40+,44+,52-/m01/s1. The fourth-order valence-corrected chi connectivity index (χ4v) is 24.7. The maximum atomic E-state index is 15.5. The van der Waals surface area contributed by atoms with Gasteiger partial charge in [0.05, 0.1) is 108 Å². The second kappa shape index (κ2) is 37.8. The number of allylic oxidation sites excluding steroid dienone is 4. The molecule has 2 saturated heterocycles. The molecule has 4 amide bonds. The molecule has 20 atom stereocenters. The maximum absolute atomic E-state index is 15.5. The van der Waals surface area contributed by atoms with Crippen molar-refractivity contribution in [2.75, 3.05) is 27.3 Å². The molecule has 18 rings (SSSR count). The lowest BCUT2D eigenvalue weighted by atomic mass is 9.82. The number of amides is 4. The number of aromatic nitrogens is 2. The Labute approximate surface area is 784 Å². The smallest absolute Gasteiger partial charge is 0.306 e. The number of esters is 2. The minimum atomic E-state index is -4.01. The zero-order valence-corrected chi connectivity index (χ0v) is 80.5. The van der Waals surface area contributed by atoms with Gasteiger partial charge >= 0.3 is 11.9 Å². The molecule has 0 radical (unpaired) electrons. The molecule has 4 aromatic carbocycles. The van der Waals surface area contributed by atoms with Gasteiger partial charge < -0.3 is 47.7 Å². The van der Waals surface area contributed by atoms with Crippen molar-refractivity contribution in [1.82, 2.24) is 29.2 Å². The summed E-state index contributed by atoms with van der Waals surface area (Å²) in [4.78, 5) is 129. The molecule has 0 bridgehead atoms. The first-order valence-electron chi connectivity index (χ1n) is 48.5. The summed E-state index contributed by atoms with van der Waals surface area (Å²) in [6.45, 7) is 19.1. The van der Waals surface area contributed by atoms with Crippen molar-refractivity contribution >= 4 is 88.7 Å². The minimum Gasteiger partial charge on any atom is -0.494 e. The largest absolute Gasteiger partial charge is 0.494 e. The van der Waals surface area contributed by atoms with Crippen LogP contribution in [0, 0.1) is 93.5 Å². The van der Waals surface area contributed by atoms with Gasteiger partial charge in [0.25, 0.3) is 0 Å². The second-order valence-electron chi connectivity index (χ2n) is 42.3. The molecule has 0 spiro atoms. The molecule has 30 heteroatoms.